The van der Waals surface area contributed by atoms with Crippen LogP contribution < -0.4 is 5.32 Å². The van der Waals surface area contributed by atoms with Gasteiger partial charge in [-0.1, -0.05) is 52.7 Å². The first kappa shape index (κ1) is 13.4. The summed E-state index contributed by atoms with van der Waals surface area (Å²) in [7, 11) is 0. The molecule has 1 unspecified atom stereocenters. The zero-order chi connectivity index (χ0) is 13.0. The van der Waals surface area contributed by atoms with Gasteiger partial charge < -0.3 is 5.32 Å². The number of pyridine rings is 1. The number of halogens is 2. The highest BCUT2D eigenvalue weighted by Crippen LogP contribution is 2.24. The second kappa shape index (κ2) is 6.21. The molecule has 18 heavy (non-hydrogen) atoms. The number of nitrogens with one attached hydrogen (secondary N) is 1. The summed E-state index contributed by atoms with van der Waals surface area (Å²) < 4.78 is 1.08. The summed E-state index contributed by atoms with van der Waals surface area (Å²) in [6.45, 7) is 2.14. The maximum Gasteiger partial charge on any atom is 0.131 e. The maximum atomic E-state index is 5.88. The minimum absolute atomic E-state index is 0.230. The van der Waals surface area contributed by atoms with E-state index < -0.39 is 0 Å². The molecule has 1 aromatic carbocycles. The van der Waals surface area contributed by atoms with E-state index in [0.717, 1.165) is 16.7 Å². The summed E-state index contributed by atoms with van der Waals surface area (Å²) >= 11 is 9.38. The highest BCUT2D eigenvalue weighted by molar-refractivity contribution is 9.10. The average molecular weight is 326 g/mol. The minimum atomic E-state index is 0.230. The Morgan fingerprint density at radius 3 is 2.72 bits per heavy atom. The van der Waals surface area contributed by atoms with Crippen molar-refractivity contribution < 1.29 is 0 Å². The van der Waals surface area contributed by atoms with Gasteiger partial charge in [0.05, 0.1) is 6.04 Å². The molecular weight excluding hydrogens is 312 g/mol. The van der Waals surface area contributed by atoms with Crippen LogP contribution in [0.4, 0.5) is 5.82 Å². The van der Waals surface area contributed by atoms with Crippen LogP contribution in [0.15, 0.2) is 46.9 Å². The zero-order valence-corrected chi connectivity index (χ0v) is 12.4. The van der Waals surface area contributed by atoms with Gasteiger partial charge in [-0.3, -0.25) is 0 Å². The molecule has 2 nitrogen and oxygen atoms in total. The maximum absolute atomic E-state index is 5.88. The van der Waals surface area contributed by atoms with Gasteiger partial charge in [0.25, 0.3) is 0 Å². The molecule has 0 aliphatic carbocycles. The molecule has 0 aliphatic rings. The smallest absolute Gasteiger partial charge is 0.131 e. The molecule has 0 saturated heterocycles. The van der Waals surface area contributed by atoms with Gasteiger partial charge in [0.2, 0.25) is 0 Å². The Morgan fingerprint density at radius 1 is 1.28 bits per heavy atom. The summed E-state index contributed by atoms with van der Waals surface area (Å²) in [6.07, 6.45) is 0.977. The fourth-order valence-electron chi connectivity index (χ4n) is 1.81. The first-order valence-electron chi connectivity index (χ1n) is 5.83. The lowest BCUT2D eigenvalue weighted by molar-refractivity contribution is 0.744. The molecule has 2 rings (SSSR count). The minimum Gasteiger partial charge on any atom is -0.363 e. The average Bonchev–Trinajstić information content (AvgIpc) is 2.36. The third kappa shape index (κ3) is 3.47. The lowest BCUT2D eigenvalue weighted by Crippen LogP contribution is -2.10. The predicted molar refractivity (Wildman–Crippen MR) is 80.0 cm³/mol. The van der Waals surface area contributed by atoms with Crippen molar-refractivity contribution in [1.29, 1.82) is 0 Å². The standard InChI is InChI=1S/C14H14BrClN2/c1-2-12(10-5-3-6-11(15)9-10)17-14-8-4-7-13(16)18-14/h3-9,12H,2H2,1H3,(H,17,18). The monoisotopic (exact) mass is 324 g/mol. The molecule has 0 radical (unpaired) electrons. The fraction of sp³-hybridized carbons (Fsp3) is 0.214. The molecule has 1 N–H and O–H groups in total. The molecule has 0 aliphatic heterocycles. The normalized spacial score (nSPS) is 12.2. The van der Waals surface area contributed by atoms with Crippen LogP contribution in [0.5, 0.6) is 0 Å². The molecule has 1 aromatic heterocycles. The summed E-state index contributed by atoms with van der Waals surface area (Å²) in [6, 6.07) is 14.1. The predicted octanol–water partition coefficient (Wildman–Crippen LogP) is 5.06. The van der Waals surface area contributed by atoms with Crippen molar-refractivity contribution in [2.45, 2.75) is 19.4 Å². The van der Waals surface area contributed by atoms with Crippen molar-refractivity contribution in [3.05, 3.63) is 57.7 Å². The zero-order valence-electron chi connectivity index (χ0n) is 10.0. The van der Waals surface area contributed by atoms with Crippen molar-refractivity contribution in [3.8, 4) is 0 Å². The van der Waals surface area contributed by atoms with Crippen LogP contribution >= 0.6 is 27.5 Å². The van der Waals surface area contributed by atoms with Gasteiger partial charge >= 0.3 is 0 Å². The van der Waals surface area contributed by atoms with Gasteiger partial charge in [-0.05, 0) is 36.2 Å². The van der Waals surface area contributed by atoms with Crippen molar-refractivity contribution in [1.82, 2.24) is 4.98 Å². The molecule has 1 atom stereocenters. The summed E-state index contributed by atoms with van der Waals surface area (Å²) in [5.41, 5.74) is 1.23. The number of hydrogen-bond acceptors (Lipinski definition) is 2. The number of hydrogen-bond donors (Lipinski definition) is 1. The van der Waals surface area contributed by atoms with Crippen molar-refractivity contribution in [2.75, 3.05) is 5.32 Å². The summed E-state index contributed by atoms with van der Waals surface area (Å²) in [5, 5.41) is 3.90. The third-order valence-corrected chi connectivity index (χ3v) is 3.40. The summed E-state index contributed by atoms with van der Waals surface area (Å²) in [5.74, 6) is 0.800. The molecule has 4 heteroatoms. The Labute approximate surface area is 121 Å². The van der Waals surface area contributed by atoms with E-state index >= 15 is 0 Å². The lowest BCUT2D eigenvalue weighted by Gasteiger charge is -2.18. The van der Waals surface area contributed by atoms with Crippen LogP contribution in [-0.2, 0) is 0 Å². The molecule has 0 bridgehead atoms. The van der Waals surface area contributed by atoms with E-state index in [-0.39, 0.29) is 6.04 Å². The number of anilines is 1. The number of aromatic nitrogens is 1. The molecule has 2 aromatic rings. The van der Waals surface area contributed by atoms with Crippen LogP contribution in [0.1, 0.15) is 24.9 Å². The van der Waals surface area contributed by atoms with Gasteiger partial charge in [0, 0.05) is 4.47 Å². The van der Waals surface area contributed by atoms with E-state index in [1.165, 1.54) is 5.56 Å². The molecule has 0 saturated carbocycles. The van der Waals surface area contributed by atoms with Crippen molar-refractivity contribution in [3.63, 3.8) is 0 Å². The first-order valence-corrected chi connectivity index (χ1v) is 7.00. The molecule has 0 fully saturated rings. The van der Waals surface area contributed by atoms with Crippen LogP contribution in [0.2, 0.25) is 5.15 Å². The first-order chi connectivity index (χ1) is 8.69. The highest BCUT2D eigenvalue weighted by atomic mass is 79.9. The largest absolute Gasteiger partial charge is 0.363 e. The van der Waals surface area contributed by atoms with Crippen LogP contribution in [-0.4, -0.2) is 4.98 Å². The second-order valence-electron chi connectivity index (χ2n) is 4.01. The number of rotatable bonds is 4. The van der Waals surface area contributed by atoms with E-state index in [1.54, 1.807) is 6.07 Å². The van der Waals surface area contributed by atoms with Crippen molar-refractivity contribution in [2.24, 2.45) is 0 Å². The Hall–Kier alpha value is -1.06. The van der Waals surface area contributed by atoms with Gasteiger partial charge in [0.1, 0.15) is 11.0 Å². The van der Waals surface area contributed by atoms with E-state index in [0.29, 0.717) is 5.15 Å². The number of benzene rings is 1. The molecular formula is C14H14BrClN2. The molecule has 0 spiro atoms. The number of nitrogens with zero attached hydrogens (tertiary/aromatic N) is 1. The Bertz CT molecular complexity index is 531. The van der Waals surface area contributed by atoms with E-state index in [1.807, 2.05) is 24.3 Å². The van der Waals surface area contributed by atoms with Gasteiger partial charge in [-0.2, -0.15) is 0 Å². The van der Waals surface area contributed by atoms with Gasteiger partial charge in [0.15, 0.2) is 0 Å². The van der Waals surface area contributed by atoms with Gasteiger partial charge in [-0.15, -0.1) is 0 Å². The van der Waals surface area contributed by atoms with Crippen LogP contribution in [0.25, 0.3) is 0 Å². The quantitative estimate of drug-likeness (QED) is 0.795. The van der Waals surface area contributed by atoms with Crippen LogP contribution in [0, 0.1) is 0 Å². The van der Waals surface area contributed by atoms with E-state index in [2.05, 4.69) is 45.3 Å². The molecule has 94 valence electrons. The van der Waals surface area contributed by atoms with E-state index in [4.69, 9.17) is 11.6 Å². The molecule has 1 heterocycles. The Kier molecular flexibility index (Phi) is 4.61. The third-order valence-electron chi connectivity index (χ3n) is 2.70. The van der Waals surface area contributed by atoms with E-state index in [9.17, 15) is 0 Å². The van der Waals surface area contributed by atoms with Crippen LogP contribution in [0.3, 0.4) is 0 Å². The second-order valence-corrected chi connectivity index (χ2v) is 5.31. The summed E-state index contributed by atoms with van der Waals surface area (Å²) in [4.78, 5) is 4.25. The topological polar surface area (TPSA) is 24.9 Å². The Morgan fingerprint density at radius 2 is 2.06 bits per heavy atom. The lowest BCUT2D eigenvalue weighted by atomic mass is 10.0. The molecule has 0 amide bonds. The highest BCUT2D eigenvalue weighted by Gasteiger charge is 2.10. The van der Waals surface area contributed by atoms with Gasteiger partial charge in [-0.25, -0.2) is 4.98 Å². The Balaban J connectivity index is 2.19. The SMILES string of the molecule is CCC(Nc1cccc(Cl)n1)c1cccc(Br)c1. The van der Waals surface area contributed by atoms with Crippen molar-refractivity contribution >= 4 is 33.3 Å². The fourth-order valence-corrected chi connectivity index (χ4v) is 2.39.